The van der Waals surface area contributed by atoms with Crippen LogP contribution in [0.3, 0.4) is 0 Å². The second-order valence-corrected chi connectivity index (χ2v) is 8.29. The van der Waals surface area contributed by atoms with Gasteiger partial charge >= 0.3 is 5.97 Å². The molecule has 2 aromatic rings. The van der Waals surface area contributed by atoms with Crippen LogP contribution in [0.1, 0.15) is 29.3 Å². The van der Waals surface area contributed by atoms with E-state index in [9.17, 15) is 14.4 Å². The van der Waals surface area contributed by atoms with E-state index in [-0.39, 0.29) is 4.32 Å². The van der Waals surface area contributed by atoms with Gasteiger partial charge in [0.2, 0.25) is 0 Å². The maximum absolute atomic E-state index is 12.8. The summed E-state index contributed by atoms with van der Waals surface area (Å²) in [7, 11) is 1.50. The zero-order valence-electron chi connectivity index (χ0n) is 17.2. The average molecular weight is 473 g/mol. The van der Waals surface area contributed by atoms with Crippen molar-refractivity contribution in [3.05, 3.63) is 64.6 Å². The molecule has 2 aromatic carbocycles. The SMILES string of the molecule is CCC(Oc1ccc(/C=C2/SC(=S)N(NC(=O)c3cccc(OC)c3)C2=O)cc1)C(=O)O. The van der Waals surface area contributed by atoms with Crippen molar-refractivity contribution in [3.8, 4) is 11.5 Å². The van der Waals surface area contributed by atoms with E-state index < -0.39 is 23.9 Å². The lowest BCUT2D eigenvalue weighted by Gasteiger charge is -2.15. The monoisotopic (exact) mass is 472 g/mol. The van der Waals surface area contributed by atoms with Gasteiger partial charge in [-0.05, 0) is 60.6 Å². The van der Waals surface area contributed by atoms with Gasteiger partial charge in [-0.15, -0.1) is 0 Å². The molecule has 0 spiro atoms. The van der Waals surface area contributed by atoms with Crippen LogP contribution >= 0.6 is 24.0 Å². The van der Waals surface area contributed by atoms with E-state index in [1.807, 2.05) is 0 Å². The molecule has 8 nitrogen and oxygen atoms in total. The third kappa shape index (κ3) is 5.45. The highest BCUT2D eigenvalue weighted by molar-refractivity contribution is 8.26. The van der Waals surface area contributed by atoms with Gasteiger partial charge in [0.1, 0.15) is 11.5 Å². The minimum absolute atomic E-state index is 0.199. The summed E-state index contributed by atoms with van der Waals surface area (Å²) in [6.45, 7) is 1.72. The van der Waals surface area contributed by atoms with Crippen LogP contribution in [0.25, 0.3) is 6.08 Å². The molecule has 1 unspecified atom stereocenters. The first-order valence-electron chi connectivity index (χ1n) is 9.55. The van der Waals surface area contributed by atoms with Crippen molar-refractivity contribution in [2.45, 2.75) is 19.4 Å². The highest BCUT2D eigenvalue weighted by Gasteiger charge is 2.33. The Morgan fingerprint density at radius 1 is 1.22 bits per heavy atom. The lowest BCUT2D eigenvalue weighted by atomic mass is 10.2. The summed E-state index contributed by atoms with van der Waals surface area (Å²) in [6.07, 6.45) is 1.04. The lowest BCUT2D eigenvalue weighted by Crippen LogP contribution is -2.44. The topological polar surface area (TPSA) is 105 Å². The van der Waals surface area contributed by atoms with Crippen LogP contribution in [0.15, 0.2) is 53.4 Å². The quantitative estimate of drug-likeness (QED) is 0.444. The Kier molecular flexibility index (Phi) is 7.49. The van der Waals surface area contributed by atoms with E-state index in [0.29, 0.717) is 34.0 Å². The molecule has 1 atom stereocenters. The number of benzene rings is 2. The maximum Gasteiger partial charge on any atom is 0.344 e. The first-order chi connectivity index (χ1) is 15.3. The number of thioether (sulfide) groups is 1. The van der Waals surface area contributed by atoms with Crippen LogP contribution in [0.4, 0.5) is 0 Å². The fourth-order valence-electron chi connectivity index (χ4n) is 2.76. The Hall–Kier alpha value is -3.37. The third-order valence-corrected chi connectivity index (χ3v) is 5.74. The van der Waals surface area contributed by atoms with Crippen molar-refractivity contribution in [2.75, 3.05) is 7.11 Å². The number of carbonyl (C=O) groups is 3. The van der Waals surface area contributed by atoms with Gasteiger partial charge in [0, 0.05) is 5.56 Å². The van der Waals surface area contributed by atoms with Gasteiger partial charge in [-0.2, -0.15) is 5.01 Å². The summed E-state index contributed by atoms with van der Waals surface area (Å²) in [5, 5.41) is 10.1. The van der Waals surface area contributed by atoms with Crippen molar-refractivity contribution >= 4 is 52.2 Å². The molecule has 0 aromatic heterocycles. The number of hydrazine groups is 1. The van der Waals surface area contributed by atoms with Crippen molar-refractivity contribution in [1.82, 2.24) is 10.4 Å². The molecular formula is C22H20N2O6S2. The molecule has 10 heteroatoms. The number of ether oxygens (including phenoxy) is 2. The molecule has 3 rings (SSSR count). The molecular weight excluding hydrogens is 452 g/mol. The van der Waals surface area contributed by atoms with Gasteiger partial charge in [-0.25, -0.2) is 4.79 Å². The van der Waals surface area contributed by atoms with Crippen molar-refractivity contribution in [3.63, 3.8) is 0 Å². The van der Waals surface area contributed by atoms with Crippen molar-refractivity contribution < 1.29 is 29.0 Å². The summed E-state index contributed by atoms with van der Waals surface area (Å²) in [5.41, 5.74) is 3.54. The van der Waals surface area contributed by atoms with E-state index in [4.69, 9.17) is 26.8 Å². The number of carbonyl (C=O) groups excluding carboxylic acids is 2. The molecule has 1 heterocycles. The fourth-order valence-corrected chi connectivity index (χ4v) is 3.94. The molecule has 0 bridgehead atoms. The first-order valence-corrected chi connectivity index (χ1v) is 10.8. The maximum atomic E-state index is 12.8. The number of thiocarbonyl (C=S) groups is 1. The number of carboxylic acids is 1. The van der Waals surface area contributed by atoms with Crippen LogP contribution in [0.5, 0.6) is 11.5 Å². The second kappa shape index (κ2) is 10.3. The minimum Gasteiger partial charge on any atom is -0.497 e. The molecule has 0 saturated carbocycles. The van der Waals surface area contributed by atoms with Gasteiger partial charge in [0.05, 0.1) is 12.0 Å². The highest BCUT2D eigenvalue weighted by atomic mass is 32.2. The second-order valence-electron chi connectivity index (χ2n) is 6.61. The summed E-state index contributed by atoms with van der Waals surface area (Å²) >= 11 is 6.31. The Labute approximate surface area is 194 Å². The zero-order valence-corrected chi connectivity index (χ0v) is 18.9. The molecule has 0 aliphatic carbocycles. The molecule has 2 amide bonds. The van der Waals surface area contributed by atoms with E-state index in [2.05, 4.69) is 5.43 Å². The van der Waals surface area contributed by atoms with Gasteiger partial charge in [0.15, 0.2) is 10.4 Å². The van der Waals surface area contributed by atoms with Gasteiger partial charge in [-0.1, -0.05) is 36.9 Å². The molecule has 1 aliphatic rings. The Bertz CT molecular complexity index is 1080. The van der Waals surface area contributed by atoms with Crippen LogP contribution < -0.4 is 14.9 Å². The number of methoxy groups -OCH3 is 1. The van der Waals surface area contributed by atoms with E-state index in [1.165, 1.54) is 7.11 Å². The molecule has 0 radical (unpaired) electrons. The van der Waals surface area contributed by atoms with Crippen LogP contribution in [0.2, 0.25) is 0 Å². The standard InChI is InChI=1S/C22H20N2O6S2/c1-3-17(21(27)28)30-15-9-7-13(8-10-15)11-18-20(26)24(22(31)32-18)23-19(25)14-5-4-6-16(12-14)29-2/h4-12,17H,3H2,1-2H3,(H,23,25)(H,27,28)/b18-11+. The smallest absolute Gasteiger partial charge is 0.344 e. The predicted octanol–water partition coefficient (Wildman–Crippen LogP) is 3.48. The fraction of sp³-hybridized carbons (Fsp3) is 0.182. The van der Waals surface area contributed by atoms with Gasteiger partial charge in [0.25, 0.3) is 11.8 Å². The Morgan fingerprint density at radius 3 is 2.56 bits per heavy atom. The predicted molar refractivity (Wildman–Crippen MR) is 124 cm³/mol. The summed E-state index contributed by atoms with van der Waals surface area (Å²) in [4.78, 5) is 36.7. The molecule has 166 valence electrons. The van der Waals surface area contributed by atoms with E-state index in [1.54, 1.807) is 61.5 Å². The first kappa shape index (κ1) is 23.3. The Balaban J connectivity index is 1.69. The van der Waals surface area contributed by atoms with Gasteiger partial charge in [-0.3, -0.25) is 15.0 Å². The van der Waals surface area contributed by atoms with E-state index in [0.717, 1.165) is 16.8 Å². The van der Waals surface area contributed by atoms with Crippen LogP contribution in [-0.4, -0.2) is 45.4 Å². The number of rotatable bonds is 8. The minimum atomic E-state index is -1.03. The summed E-state index contributed by atoms with van der Waals surface area (Å²) < 4.78 is 10.7. The van der Waals surface area contributed by atoms with Crippen molar-refractivity contribution in [1.29, 1.82) is 0 Å². The Morgan fingerprint density at radius 2 is 1.94 bits per heavy atom. The van der Waals surface area contributed by atoms with E-state index >= 15 is 0 Å². The van der Waals surface area contributed by atoms with Crippen LogP contribution in [0, 0.1) is 0 Å². The largest absolute Gasteiger partial charge is 0.497 e. The number of hydrogen-bond acceptors (Lipinski definition) is 7. The number of nitrogens with zero attached hydrogens (tertiary/aromatic N) is 1. The summed E-state index contributed by atoms with van der Waals surface area (Å²) in [5.74, 6) is -1.05. The average Bonchev–Trinajstić information content (AvgIpc) is 3.05. The number of carboxylic acid groups (broad SMARTS) is 1. The number of aliphatic carboxylic acids is 1. The highest BCUT2D eigenvalue weighted by Crippen LogP contribution is 2.32. The molecule has 32 heavy (non-hydrogen) atoms. The van der Waals surface area contributed by atoms with Crippen molar-refractivity contribution in [2.24, 2.45) is 0 Å². The normalized spacial score (nSPS) is 15.6. The zero-order chi connectivity index (χ0) is 23.3. The number of amides is 2. The molecule has 2 N–H and O–H groups in total. The lowest BCUT2D eigenvalue weighted by molar-refractivity contribution is -0.145. The molecule has 1 aliphatic heterocycles. The summed E-state index contributed by atoms with van der Waals surface area (Å²) in [6, 6.07) is 13.2. The molecule has 1 saturated heterocycles. The van der Waals surface area contributed by atoms with Gasteiger partial charge < -0.3 is 14.6 Å². The third-order valence-electron chi connectivity index (χ3n) is 4.44. The number of hydrogen-bond donors (Lipinski definition) is 2. The molecule has 1 fully saturated rings. The van der Waals surface area contributed by atoms with Crippen LogP contribution in [-0.2, 0) is 9.59 Å². The number of nitrogens with one attached hydrogen (secondary N) is 1.